The van der Waals surface area contributed by atoms with Gasteiger partial charge in [0.15, 0.2) is 0 Å². The van der Waals surface area contributed by atoms with E-state index in [1.165, 1.54) is 0 Å². The molecule has 0 aliphatic heterocycles. The van der Waals surface area contributed by atoms with Gasteiger partial charge in [0.1, 0.15) is 6.54 Å². The summed E-state index contributed by atoms with van der Waals surface area (Å²) in [5.74, 6) is -0.303. The molecule has 0 aliphatic carbocycles. The van der Waals surface area contributed by atoms with Crippen LogP contribution in [0.3, 0.4) is 0 Å². The summed E-state index contributed by atoms with van der Waals surface area (Å²) in [6.07, 6.45) is 1.72. The van der Waals surface area contributed by atoms with E-state index < -0.39 is 0 Å². The number of anilines is 2. The summed E-state index contributed by atoms with van der Waals surface area (Å²) in [6.45, 7) is 2.25. The number of nitrogens with zero attached hydrogens (tertiary/aromatic N) is 1. The van der Waals surface area contributed by atoms with E-state index >= 15 is 0 Å². The van der Waals surface area contributed by atoms with Gasteiger partial charge in [0.2, 0.25) is 0 Å². The Labute approximate surface area is 105 Å². The molecular formula is C13H15N3O2. The van der Waals surface area contributed by atoms with Crippen LogP contribution in [0.4, 0.5) is 11.4 Å². The molecule has 0 radical (unpaired) electrons. The molecule has 1 heterocycles. The number of nitrogen functional groups attached to an aromatic ring is 1. The van der Waals surface area contributed by atoms with E-state index in [2.05, 4.69) is 10.3 Å². The van der Waals surface area contributed by atoms with Crippen LogP contribution in [-0.2, 0) is 9.53 Å². The van der Waals surface area contributed by atoms with Crippen LogP contribution < -0.4 is 11.1 Å². The maximum absolute atomic E-state index is 11.3. The van der Waals surface area contributed by atoms with E-state index in [-0.39, 0.29) is 12.5 Å². The normalized spacial score (nSPS) is 10.3. The number of nitrogens with two attached hydrogens (primary N) is 1. The van der Waals surface area contributed by atoms with Gasteiger partial charge in [0.05, 0.1) is 23.5 Å². The Morgan fingerprint density at radius 3 is 3.06 bits per heavy atom. The summed E-state index contributed by atoms with van der Waals surface area (Å²) in [4.78, 5) is 15.5. The summed E-state index contributed by atoms with van der Waals surface area (Å²) >= 11 is 0. The average Bonchev–Trinajstić information content (AvgIpc) is 2.39. The molecule has 0 saturated carbocycles. The fraction of sp³-hybridized carbons (Fsp3) is 0.231. The average molecular weight is 245 g/mol. The van der Waals surface area contributed by atoms with Crippen LogP contribution in [0.2, 0.25) is 0 Å². The lowest BCUT2D eigenvalue weighted by Crippen LogP contribution is -2.17. The van der Waals surface area contributed by atoms with Crippen molar-refractivity contribution in [3.8, 4) is 0 Å². The highest BCUT2D eigenvalue weighted by atomic mass is 16.5. The number of fused-ring (bicyclic) bond motifs is 1. The van der Waals surface area contributed by atoms with E-state index in [0.717, 1.165) is 10.9 Å². The van der Waals surface area contributed by atoms with E-state index in [0.29, 0.717) is 18.0 Å². The van der Waals surface area contributed by atoms with Crippen molar-refractivity contribution in [3.05, 3.63) is 30.5 Å². The molecule has 0 bridgehead atoms. The van der Waals surface area contributed by atoms with Gasteiger partial charge in [0.25, 0.3) is 0 Å². The highest BCUT2D eigenvalue weighted by Crippen LogP contribution is 2.27. The van der Waals surface area contributed by atoms with E-state index in [1.54, 1.807) is 13.1 Å². The van der Waals surface area contributed by atoms with Crippen LogP contribution >= 0.6 is 0 Å². The fourth-order valence-corrected chi connectivity index (χ4v) is 1.71. The number of esters is 1. The third-order valence-corrected chi connectivity index (χ3v) is 2.56. The van der Waals surface area contributed by atoms with Crippen molar-refractivity contribution >= 4 is 28.2 Å². The summed E-state index contributed by atoms with van der Waals surface area (Å²) < 4.78 is 4.84. The van der Waals surface area contributed by atoms with E-state index in [1.807, 2.05) is 24.3 Å². The lowest BCUT2D eigenvalue weighted by Gasteiger charge is -2.10. The van der Waals surface area contributed by atoms with E-state index in [4.69, 9.17) is 10.5 Å². The van der Waals surface area contributed by atoms with Crippen molar-refractivity contribution in [2.45, 2.75) is 6.92 Å². The van der Waals surface area contributed by atoms with Crippen molar-refractivity contribution in [2.24, 2.45) is 0 Å². The van der Waals surface area contributed by atoms with Crippen LogP contribution in [0.25, 0.3) is 10.9 Å². The number of aromatic nitrogens is 1. The quantitative estimate of drug-likeness (QED) is 0.634. The summed E-state index contributed by atoms with van der Waals surface area (Å²) in [5, 5.41) is 3.83. The predicted molar refractivity (Wildman–Crippen MR) is 71.3 cm³/mol. The Balaban J connectivity index is 2.19. The molecular weight excluding hydrogens is 230 g/mol. The first-order valence-electron chi connectivity index (χ1n) is 5.75. The van der Waals surface area contributed by atoms with Crippen molar-refractivity contribution in [3.63, 3.8) is 0 Å². The number of nitrogens with one attached hydrogen (secondary N) is 1. The highest BCUT2D eigenvalue weighted by molar-refractivity contribution is 5.97. The SMILES string of the molecule is CCOC(=O)CNc1ccc2ncccc2c1N. The Morgan fingerprint density at radius 1 is 1.44 bits per heavy atom. The minimum atomic E-state index is -0.303. The molecule has 1 aromatic heterocycles. The number of ether oxygens (including phenoxy) is 1. The second-order valence-corrected chi connectivity index (χ2v) is 3.76. The van der Waals surface area contributed by atoms with Gasteiger partial charge in [-0.25, -0.2) is 0 Å². The fourth-order valence-electron chi connectivity index (χ4n) is 1.71. The minimum Gasteiger partial charge on any atom is -0.465 e. The first-order chi connectivity index (χ1) is 8.72. The van der Waals surface area contributed by atoms with Crippen molar-refractivity contribution in [1.82, 2.24) is 4.98 Å². The van der Waals surface area contributed by atoms with Gasteiger partial charge in [0, 0.05) is 11.6 Å². The largest absolute Gasteiger partial charge is 0.465 e. The van der Waals surface area contributed by atoms with Crippen LogP contribution in [0.15, 0.2) is 30.5 Å². The number of carbonyl (C=O) groups excluding carboxylic acids is 1. The molecule has 0 saturated heterocycles. The molecule has 2 rings (SSSR count). The van der Waals surface area contributed by atoms with Gasteiger partial charge in [-0.1, -0.05) is 0 Å². The third kappa shape index (κ3) is 2.51. The monoisotopic (exact) mass is 245 g/mol. The second kappa shape index (κ2) is 5.35. The standard InChI is InChI=1S/C13H15N3O2/c1-2-18-12(17)8-16-11-6-5-10-9(13(11)14)4-3-7-15-10/h3-7,16H,2,8,14H2,1H3. The maximum Gasteiger partial charge on any atom is 0.325 e. The molecule has 0 unspecified atom stereocenters. The third-order valence-electron chi connectivity index (χ3n) is 2.56. The van der Waals surface area contributed by atoms with E-state index in [9.17, 15) is 4.79 Å². The van der Waals surface area contributed by atoms with Gasteiger partial charge < -0.3 is 15.8 Å². The van der Waals surface area contributed by atoms with Crippen LogP contribution in [0, 0.1) is 0 Å². The van der Waals surface area contributed by atoms with Crippen LogP contribution in [-0.4, -0.2) is 24.1 Å². The van der Waals surface area contributed by atoms with Crippen molar-refractivity contribution in [2.75, 3.05) is 24.2 Å². The topological polar surface area (TPSA) is 77.2 Å². The Morgan fingerprint density at radius 2 is 2.28 bits per heavy atom. The highest BCUT2D eigenvalue weighted by Gasteiger charge is 2.06. The molecule has 18 heavy (non-hydrogen) atoms. The van der Waals surface area contributed by atoms with Crippen molar-refractivity contribution < 1.29 is 9.53 Å². The molecule has 1 aromatic carbocycles. The lowest BCUT2D eigenvalue weighted by atomic mass is 10.1. The van der Waals surface area contributed by atoms with Gasteiger partial charge in [-0.2, -0.15) is 0 Å². The zero-order valence-corrected chi connectivity index (χ0v) is 10.1. The first kappa shape index (κ1) is 12.2. The molecule has 5 nitrogen and oxygen atoms in total. The van der Waals surface area contributed by atoms with Gasteiger partial charge >= 0.3 is 5.97 Å². The molecule has 5 heteroatoms. The Hall–Kier alpha value is -2.30. The molecule has 94 valence electrons. The molecule has 0 aliphatic rings. The van der Waals surface area contributed by atoms with Crippen molar-refractivity contribution in [1.29, 1.82) is 0 Å². The number of carbonyl (C=O) groups is 1. The number of hydrogen-bond acceptors (Lipinski definition) is 5. The zero-order valence-electron chi connectivity index (χ0n) is 10.1. The summed E-state index contributed by atoms with van der Waals surface area (Å²) in [7, 11) is 0. The smallest absolute Gasteiger partial charge is 0.325 e. The predicted octanol–water partition coefficient (Wildman–Crippen LogP) is 1.79. The molecule has 0 amide bonds. The molecule has 3 N–H and O–H groups in total. The number of pyridine rings is 1. The molecule has 0 atom stereocenters. The zero-order chi connectivity index (χ0) is 13.0. The van der Waals surface area contributed by atoms with Gasteiger partial charge in [-0.05, 0) is 31.2 Å². The number of rotatable bonds is 4. The van der Waals surface area contributed by atoms with Crippen LogP contribution in [0.1, 0.15) is 6.92 Å². The Kier molecular flexibility index (Phi) is 3.62. The number of benzene rings is 1. The number of hydrogen-bond donors (Lipinski definition) is 2. The van der Waals surface area contributed by atoms with Gasteiger partial charge in [-0.3, -0.25) is 9.78 Å². The molecule has 0 spiro atoms. The lowest BCUT2D eigenvalue weighted by molar-refractivity contribution is -0.140. The Bertz CT molecular complexity index is 569. The molecule has 2 aromatic rings. The molecule has 0 fully saturated rings. The van der Waals surface area contributed by atoms with Crippen LogP contribution in [0.5, 0.6) is 0 Å². The van der Waals surface area contributed by atoms with Gasteiger partial charge in [-0.15, -0.1) is 0 Å². The maximum atomic E-state index is 11.3. The second-order valence-electron chi connectivity index (χ2n) is 3.76. The minimum absolute atomic E-state index is 0.101. The summed E-state index contributed by atoms with van der Waals surface area (Å²) in [6, 6.07) is 7.39. The summed E-state index contributed by atoms with van der Waals surface area (Å²) in [5.41, 5.74) is 8.15. The first-order valence-corrected chi connectivity index (χ1v) is 5.75.